The van der Waals surface area contributed by atoms with Crippen LogP contribution in [0.15, 0.2) is 24.3 Å². The minimum atomic E-state index is -0.285. The Morgan fingerprint density at radius 2 is 2.03 bits per heavy atom. The number of ether oxygens (including phenoxy) is 2. The number of nitrogens with one attached hydrogen (secondary N) is 1. The van der Waals surface area contributed by atoms with Crippen LogP contribution in [0.5, 0.6) is 5.75 Å². The summed E-state index contributed by atoms with van der Waals surface area (Å²) in [6, 6.07) is 3.71. The number of rotatable bonds is 6. The number of carbonyl (C=O) groups is 1. The molecular formula is C24H32N6O4. The highest BCUT2D eigenvalue weighted by Gasteiger charge is 2.31. The topological polar surface area (TPSA) is 115 Å². The van der Waals surface area contributed by atoms with Gasteiger partial charge >= 0.3 is 0 Å². The normalized spacial score (nSPS) is 22.9. The zero-order chi connectivity index (χ0) is 23.5. The summed E-state index contributed by atoms with van der Waals surface area (Å²) < 4.78 is 11.1. The van der Waals surface area contributed by atoms with Gasteiger partial charge in [-0.15, -0.1) is 0 Å². The van der Waals surface area contributed by atoms with E-state index in [1.165, 1.54) is 0 Å². The summed E-state index contributed by atoms with van der Waals surface area (Å²) >= 11 is 0. The van der Waals surface area contributed by atoms with E-state index in [4.69, 9.17) is 25.0 Å². The first kappa shape index (κ1) is 22.7. The van der Waals surface area contributed by atoms with Crippen LogP contribution in [0.25, 0.3) is 10.9 Å². The lowest BCUT2D eigenvalue weighted by molar-refractivity contribution is -0.141. The maximum Gasteiger partial charge on any atom is 0.251 e. The summed E-state index contributed by atoms with van der Waals surface area (Å²) in [7, 11) is 1.61. The molecule has 2 unspecified atom stereocenters. The van der Waals surface area contributed by atoms with Crippen molar-refractivity contribution in [3.05, 3.63) is 24.3 Å². The van der Waals surface area contributed by atoms with Crippen molar-refractivity contribution in [1.82, 2.24) is 14.9 Å². The summed E-state index contributed by atoms with van der Waals surface area (Å²) in [5.41, 5.74) is 10.8. The van der Waals surface area contributed by atoms with Crippen LogP contribution < -0.4 is 20.9 Å². The van der Waals surface area contributed by atoms with Gasteiger partial charge in [-0.05, 0) is 44.2 Å². The molecule has 3 heterocycles. The second-order valence-corrected chi connectivity index (χ2v) is 8.92. The Morgan fingerprint density at radius 1 is 1.18 bits per heavy atom. The van der Waals surface area contributed by atoms with Gasteiger partial charge in [-0.2, -0.15) is 4.98 Å². The molecule has 0 bridgehead atoms. The monoisotopic (exact) mass is 468 g/mol. The van der Waals surface area contributed by atoms with E-state index in [0.717, 1.165) is 37.5 Å². The van der Waals surface area contributed by atoms with Gasteiger partial charge in [-0.1, -0.05) is 12.2 Å². The summed E-state index contributed by atoms with van der Waals surface area (Å²) in [5, 5.41) is 0.721. The number of nitrogens with two attached hydrogens (primary N) is 1. The van der Waals surface area contributed by atoms with Crippen LogP contribution in [0.3, 0.4) is 0 Å². The molecule has 10 nitrogen and oxygen atoms in total. The summed E-state index contributed by atoms with van der Waals surface area (Å²) in [5.74, 6) is 1.65. The van der Waals surface area contributed by atoms with Gasteiger partial charge in [0.2, 0.25) is 5.95 Å². The number of hydrogen-bond donors (Lipinski definition) is 2. The van der Waals surface area contributed by atoms with Crippen LogP contribution in [-0.4, -0.2) is 72.9 Å². The van der Waals surface area contributed by atoms with Crippen molar-refractivity contribution in [2.45, 2.75) is 44.3 Å². The predicted octanol–water partition coefficient (Wildman–Crippen LogP) is 2.50. The molecule has 182 valence electrons. The van der Waals surface area contributed by atoms with Gasteiger partial charge in [0.05, 0.1) is 18.7 Å². The van der Waals surface area contributed by atoms with E-state index in [9.17, 15) is 4.79 Å². The highest BCUT2D eigenvalue weighted by Crippen LogP contribution is 2.33. The zero-order valence-electron chi connectivity index (χ0n) is 19.5. The Morgan fingerprint density at radius 3 is 2.74 bits per heavy atom. The quantitative estimate of drug-likeness (QED) is 0.487. The Balaban J connectivity index is 1.31. The molecule has 1 aliphatic carbocycles. The van der Waals surface area contributed by atoms with E-state index in [1.54, 1.807) is 7.11 Å². The number of aromatic nitrogens is 2. The number of allylic oxidation sites excluding steroid dienone is 1. The predicted molar refractivity (Wildman–Crippen MR) is 130 cm³/mol. The van der Waals surface area contributed by atoms with Crippen LogP contribution in [0.1, 0.15) is 32.1 Å². The smallest absolute Gasteiger partial charge is 0.251 e. The number of amides is 1. The number of anilines is 3. The molecule has 2 atom stereocenters. The zero-order valence-corrected chi connectivity index (χ0v) is 19.5. The molecule has 2 saturated heterocycles. The third kappa shape index (κ3) is 4.74. The van der Waals surface area contributed by atoms with Crippen molar-refractivity contribution in [3.8, 4) is 5.75 Å². The number of carbonyl (C=O) groups excluding carboxylic acids is 1. The van der Waals surface area contributed by atoms with E-state index in [-0.39, 0.29) is 18.1 Å². The Bertz CT molecular complexity index is 1060. The Kier molecular flexibility index (Phi) is 6.68. The third-order valence-corrected chi connectivity index (χ3v) is 6.67. The van der Waals surface area contributed by atoms with Crippen LogP contribution in [0, 0.1) is 0 Å². The van der Waals surface area contributed by atoms with Gasteiger partial charge < -0.3 is 25.0 Å². The van der Waals surface area contributed by atoms with Gasteiger partial charge in [0.1, 0.15) is 23.4 Å². The van der Waals surface area contributed by atoms with Gasteiger partial charge in [-0.3, -0.25) is 15.1 Å². The molecule has 1 aromatic heterocycles. The van der Waals surface area contributed by atoms with Crippen molar-refractivity contribution >= 4 is 34.3 Å². The number of benzene rings is 1. The lowest BCUT2D eigenvalue weighted by Gasteiger charge is -2.35. The Labute approximate surface area is 199 Å². The number of nitrogens with zero attached hydrogens (tertiary/aromatic N) is 4. The molecule has 0 radical (unpaired) electrons. The molecule has 2 aromatic rings. The molecule has 3 aliphatic rings. The van der Waals surface area contributed by atoms with Gasteiger partial charge in [0.15, 0.2) is 0 Å². The standard InChI is InChI=1S/C24H32N6O4/c1-32-21-14-17-18(15-19(21)28-34-16-6-3-2-4-7-16)26-24(27-22(17)25)30-11-9-29(10-12-30)23(31)20-8-5-13-33-20/h2-3,14-16,20,28H,4-13H2,1H3,(H2,25,26,27). The molecule has 0 spiro atoms. The first-order valence-corrected chi connectivity index (χ1v) is 12.0. The van der Waals surface area contributed by atoms with E-state index in [1.807, 2.05) is 17.0 Å². The minimum absolute atomic E-state index is 0.0901. The second kappa shape index (κ2) is 10.0. The number of hydrogen-bond acceptors (Lipinski definition) is 9. The average Bonchev–Trinajstić information content (AvgIpc) is 3.42. The highest BCUT2D eigenvalue weighted by molar-refractivity contribution is 5.93. The third-order valence-electron chi connectivity index (χ3n) is 6.67. The first-order chi connectivity index (χ1) is 16.6. The molecule has 34 heavy (non-hydrogen) atoms. The minimum Gasteiger partial charge on any atom is -0.494 e. The van der Waals surface area contributed by atoms with Gasteiger partial charge in [0, 0.05) is 38.2 Å². The van der Waals surface area contributed by atoms with E-state index in [0.29, 0.717) is 61.5 Å². The fourth-order valence-corrected chi connectivity index (χ4v) is 4.68. The largest absolute Gasteiger partial charge is 0.494 e. The molecule has 0 saturated carbocycles. The first-order valence-electron chi connectivity index (χ1n) is 12.0. The maximum atomic E-state index is 12.6. The lowest BCUT2D eigenvalue weighted by atomic mass is 10.1. The average molecular weight is 469 g/mol. The van der Waals surface area contributed by atoms with Crippen LogP contribution in [0.2, 0.25) is 0 Å². The van der Waals surface area contributed by atoms with E-state index >= 15 is 0 Å². The highest BCUT2D eigenvalue weighted by atomic mass is 16.7. The van der Waals surface area contributed by atoms with Gasteiger partial charge in [-0.25, -0.2) is 4.98 Å². The van der Waals surface area contributed by atoms with Crippen molar-refractivity contribution in [3.63, 3.8) is 0 Å². The fraction of sp³-hybridized carbons (Fsp3) is 0.542. The Hall–Kier alpha value is -3.11. The SMILES string of the molecule is COc1cc2c(N)nc(N3CCN(C(=O)C4CCCO4)CC3)nc2cc1NOC1CC=CCC1. The molecule has 2 fully saturated rings. The van der Waals surface area contributed by atoms with Crippen molar-refractivity contribution in [1.29, 1.82) is 0 Å². The summed E-state index contributed by atoms with van der Waals surface area (Å²) in [6.45, 7) is 3.18. The maximum absolute atomic E-state index is 12.6. The molecular weight excluding hydrogens is 436 g/mol. The van der Waals surface area contributed by atoms with Crippen LogP contribution >= 0.6 is 0 Å². The fourth-order valence-electron chi connectivity index (χ4n) is 4.68. The number of methoxy groups -OCH3 is 1. The lowest BCUT2D eigenvalue weighted by Crippen LogP contribution is -2.51. The molecule has 10 heteroatoms. The van der Waals surface area contributed by atoms with Crippen molar-refractivity contribution in [2.24, 2.45) is 0 Å². The summed E-state index contributed by atoms with van der Waals surface area (Å²) in [4.78, 5) is 31.8. The van der Waals surface area contributed by atoms with E-state index in [2.05, 4.69) is 27.5 Å². The molecule has 2 aliphatic heterocycles. The van der Waals surface area contributed by atoms with Crippen molar-refractivity contribution in [2.75, 3.05) is 56.0 Å². The van der Waals surface area contributed by atoms with E-state index < -0.39 is 0 Å². The molecule has 3 N–H and O–H groups in total. The van der Waals surface area contributed by atoms with Crippen LogP contribution in [-0.2, 0) is 14.4 Å². The second-order valence-electron chi connectivity index (χ2n) is 8.92. The van der Waals surface area contributed by atoms with Gasteiger partial charge in [0.25, 0.3) is 5.91 Å². The van der Waals surface area contributed by atoms with Crippen molar-refractivity contribution < 1.29 is 19.1 Å². The number of fused-ring (bicyclic) bond motifs is 1. The molecule has 1 aromatic carbocycles. The number of nitrogen functional groups attached to an aromatic ring is 1. The number of piperazine rings is 1. The van der Waals surface area contributed by atoms with Crippen LogP contribution in [0.4, 0.5) is 17.5 Å². The molecule has 5 rings (SSSR count). The summed E-state index contributed by atoms with van der Waals surface area (Å²) in [6.07, 6.45) is 8.77. The molecule has 1 amide bonds.